The minimum absolute atomic E-state index is 0.00810. The molecule has 3 aromatic rings. The summed E-state index contributed by atoms with van der Waals surface area (Å²) in [7, 11) is 0. The Morgan fingerprint density at radius 1 is 1.00 bits per heavy atom. The molecule has 0 saturated carbocycles. The van der Waals surface area contributed by atoms with Crippen LogP contribution in [0.5, 0.6) is 0 Å². The summed E-state index contributed by atoms with van der Waals surface area (Å²) in [6, 6.07) is 9.16. The molecule has 4 heterocycles. The monoisotopic (exact) mass is 438 g/mol. The minimum atomic E-state index is -0.122. The standard InChI is InChI=1S/C23H26N4O3S/c1-16-6-8-27(9-7-16)23-24-18-5-4-17(15-20(18)31-23)21(28)25-10-12-26(13-11-25)22(29)19-3-2-14-30-19/h2-5,14-16H,6-13H2,1H3. The average molecular weight is 439 g/mol. The van der Waals surface area contributed by atoms with Gasteiger partial charge in [-0.3, -0.25) is 9.59 Å². The van der Waals surface area contributed by atoms with Crippen molar-refractivity contribution in [3.8, 4) is 0 Å². The Labute approximate surface area is 185 Å². The molecule has 2 amide bonds. The van der Waals surface area contributed by atoms with Gasteiger partial charge in [0.05, 0.1) is 16.5 Å². The number of piperazine rings is 1. The van der Waals surface area contributed by atoms with E-state index in [1.807, 2.05) is 23.1 Å². The van der Waals surface area contributed by atoms with Crippen LogP contribution in [0.3, 0.4) is 0 Å². The SMILES string of the molecule is CC1CCN(c2nc3ccc(C(=O)N4CCN(C(=O)c5ccco5)CC4)cc3s2)CC1. The molecule has 0 bridgehead atoms. The molecule has 0 unspecified atom stereocenters. The zero-order valence-corrected chi connectivity index (χ0v) is 18.4. The molecule has 31 heavy (non-hydrogen) atoms. The van der Waals surface area contributed by atoms with Crippen LogP contribution in [0, 0.1) is 5.92 Å². The van der Waals surface area contributed by atoms with Crippen molar-refractivity contribution in [2.24, 2.45) is 5.92 Å². The quantitative estimate of drug-likeness (QED) is 0.623. The minimum Gasteiger partial charge on any atom is -0.459 e. The number of rotatable bonds is 3. The fraction of sp³-hybridized carbons (Fsp3) is 0.435. The maximum atomic E-state index is 13.1. The van der Waals surface area contributed by atoms with Crippen LogP contribution >= 0.6 is 11.3 Å². The number of hydrogen-bond donors (Lipinski definition) is 0. The summed E-state index contributed by atoms with van der Waals surface area (Å²) in [4.78, 5) is 36.2. The number of hydrogen-bond acceptors (Lipinski definition) is 6. The predicted octanol–water partition coefficient (Wildman–Crippen LogP) is 3.72. The van der Waals surface area contributed by atoms with Crippen LogP contribution in [0.1, 0.15) is 40.7 Å². The van der Waals surface area contributed by atoms with E-state index in [0.717, 1.165) is 34.4 Å². The molecular weight excluding hydrogens is 412 g/mol. The van der Waals surface area contributed by atoms with Gasteiger partial charge in [0.25, 0.3) is 11.8 Å². The molecule has 2 aromatic heterocycles. The van der Waals surface area contributed by atoms with Gasteiger partial charge in [0.2, 0.25) is 0 Å². The van der Waals surface area contributed by atoms with Crippen LogP contribution < -0.4 is 4.90 Å². The zero-order chi connectivity index (χ0) is 21.4. The van der Waals surface area contributed by atoms with Crippen LogP contribution in [0.4, 0.5) is 5.13 Å². The van der Waals surface area contributed by atoms with Crippen LogP contribution in [0.15, 0.2) is 41.0 Å². The van der Waals surface area contributed by atoms with Crippen molar-refractivity contribution < 1.29 is 14.0 Å². The lowest BCUT2D eigenvalue weighted by molar-refractivity contribution is 0.0518. The van der Waals surface area contributed by atoms with Gasteiger partial charge in [-0.2, -0.15) is 0 Å². The van der Waals surface area contributed by atoms with Crippen molar-refractivity contribution in [2.75, 3.05) is 44.2 Å². The van der Waals surface area contributed by atoms with E-state index in [-0.39, 0.29) is 11.8 Å². The lowest BCUT2D eigenvalue weighted by Gasteiger charge is -2.34. The number of aromatic nitrogens is 1. The molecular formula is C23H26N4O3S. The maximum absolute atomic E-state index is 13.1. The highest BCUT2D eigenvalue weighted by Gasteiger charge is 2.27. The lowest BCUT2D eigenvalue weighted by atomic mass is 10.00. The zero-order valence-electron chi connectivity index (χ0n) is 17.6. The molecule has 2 aliphatic heterocycles. The number of amides is 2. The molecule has 8 heteroatoms. The highest BCUT2D eigenvalue weighted by atomic mass is 32.1. The summed E-state index contributed by atoms with van der Waals surface area (Å²) in [5.41, 5.74) is 1.63. The number of benzene rings is 1. The third-order valence-electron chi connectivity index (χ3n) is 6.26. The van der Waals surface area contributed by atoms with Crippen molar-refractivity contribution in [1.29, 1.82) is 0 Å². The van der Waals surface area contributed by atoms with E-state index < -0.39 is 0 Å². The van der Waals surface area contributed by atoms with E-state index in [4.69, 9.17) is 9.40 Å². The Morgan fingerprint density at radius 2 is 1.71 bits per heavy atom. The number of thiazole rings is 1. The van der Waals surface area contributed by atoms with Crippen molar-refractivity contribution >= 4 is 38.5 Å². The first-order valence-corrected chi connectivity index (χ1v) is 11.7. The van der Waals surface area contributed by atoms with E-state index in [1.54, 1.807) is 28.4 Å². The van der Waals surface area contributed by atoms with Gasteiger partial charge < -0.3 is 19.1 Å². The molecule has 1 aromatic carbocycles. The normalized spacial score (nSPS) is 18.0. The molecule has 0 N–H and O–H groups in total. The Morgan fingerprint density at radius 3 is 2.39 bits per heavy atom. The highest BCUT2D eigenvalue weighted by molar-refractivity contribution is 7.22. The van der Waals surface area contributed by atoms with Crippen LogP contribution in [-0.2, 0) is 0 Å². The van der Waals surface area contributed by atoms with Gasteiger partial charge >= 0.3 is 0 Å². The first kappa shape index (κ1) is 20.1. The van der Waals surface area contributed by atoms with E-state index in [0.29, 0.717) is 37.5 Å². The van der Waals surface area contributed by atoms with Gasteiger partial charge in [0, 0.05) is 44.8 Å². The number of piperidine rings is 1. The summed E-state index contributed by atoms with van der Waals surface area (Å²) in [5, 5.41) is 1.05. The first-order chi connectivity index (χ1) is 15.1. The van der Waals surface area contributed by atoms with Crippen molar-refractivity contribution in [1.82, 2.24) is 14.8 Å². The third kappa shape index (κ3) is 4.04. The van der Waals surface area contributed by atoms with E-state index in [2.05, 4.69) is 11.8 Å². The van der Waals surface area contributed by atoms with Crippen LogP contribution in [0.2, 0.25) is 0 Å². The molecule has 2 saturated heterocycles. The fourth-order valence-corrected chi connectivity index (χ4v) is 5.29. The summed E-state index contributed by atoms with van der Waals surface area (Å²) >= 11 is 1.67. The molecule has 0 atom stereocenters. The van der Waals surface area contributed by atoms with E-state index >= 15 is 0 Å². The molecule has 162 valence electrons. The molecule has 0 spiro atoms. The van der Waals surface area contributed by atoms with Gasteiger partial charge in [-0.25, -0.2) is 4.98 Å². The summed E-state index contributed by atoms with van der Waals surface area (Å²) in [6.45, 7) is 6.45. The molecule has 0 radical (unpaired) electrons. The number of nitrogens with zero attached hydrogens (tertiary/aromatic N) is 4. The van der Waals surface area contributed by atoms with Gasteiger partial charge in [0.15, 0.2) is 10.9 Å². The fourth-order valence-electron chi connectivity index (χ4n) is 4.23. The van der Waals surface area contributed by atoms with Crippen molar-refractivity contribution in [3.63, 3.8) is 0 Å². The van der Waals surface area contributed by atoms with Crippen LogP contribution in [-0.4, -0.2) is 65.9 Å². The van der Waals surface area contributed by atoms with E-state index in [1.165, 1.54) is 19.1 Å². The van der Waals surface area contributed by atoms with E-state index in [9.17, 15) is 9.59 Å². The number of carbonyl (C=O) groups is 2. The molecule has 7 nitrogen and oxygen atoms in total. The topological polar surface area (TPSA) is 69.9 Å². The predicted molar refractivity (Wildman–Crippen MR) is 121 cm³/mol. The molecule has 2 aliphatic rings. The largest absolute Gasteiger partial charge is 0.459 e. The van der Waals surface area contributed by atoms with Crippen molar-refractivity contribution in [2.45, 2.75) is 19.8 Å². The second-order valence-corrected chi connectivity index (χ2v) is 9.42. The maximum Gasteiger partial charge on any atom is 0.289 e. The second kappa shape index (κ2) is 8.34. The Balaban J connectivity index is 1.25. The highest BCUT2D eigenvalue weighted by Crippen LogP contribution is 2.32. The second-order valence-electron chi connectivity index (χ2n) is 8.41. The molecule has 5 rings (SSSR count). The first-order valence-electron chi connectivity index (χ1n) is 10.9. The Kier molecular flexibility index (Phi) is 5.40. The summed E-state index contributed by atoms with van der Waals surface area (Å²) in [6.07, 6.45) is 3.90. The number of furan rings is 1. The Hall–Kier alpha value is -2.87. The smallest absolute Gasteiger partial charge is 0.289 e. The Bertz CT molecular complexity index is 1080. The molecule has 2 fully saturated rings. The lowest BCUT2D eigenvalue weighted by Crippen LogP contribution is -2.50. The third-order valence-corrected chi connectivity index (χ3v) is 7.34. The van der Waals surface area contributed by atoms with Gasteiger partial charge in [-0.15, -0.1) is 0 Å². The van der Waals surface area contributed by atoms with Crippen molar-refractivity contribution in [3.05, 3.63) is 47.9 Å². The number of anilines is 1. The summed E-state index contributed by atoms with van der Waals surface area (Å²) < 4.78 is 6.25. The van der Waals surface area contributed by atoms with Gasteiger partial charge in [-0.05, 0) is 49.1 Å². The van der Waals surface area contributed by atoms with Crippen LogP contribution in [0.25, 0.3) is 10.2 Å². The molecule has 0 aliphatic carbocycles. The summed E-state index contributed by atoms with van der Waals surface area (Å²) in [5.74, 6) is 1.01. The average Bonchev–Trinajstić information content (AvgIpc) is 3.48. The number of fused-ring (bicyclic) bond motifs is 1. The van der Waals surface area contributed by atoms with Gasteiger partial charge in [-0.1, -0.05) is 18.3 Å². The van der Waals surface area contributed by atoms with Gasteiger partial charge in [0.1, 0.15) is 0 Å². The number of carbonyl (C=O) groups excluding carboxylic acids is 2.